The van der Waals surface area contributed by atoms with E-state index in [9.17, 15) is 14.0 Å². The van der Waals surface area contributed by atoms with Gasteiger partial charge in [0, 0.05) is 0 Å². The summed E-state index contributed by atoms with van der Waals surface area (Å²) in [5.41, 5.74) is 6.93. The standard InChI is InChI=1S/C25H23FN2O3/c26-19-12-10-18(11-13-19)25(14-20(15-25)31-16-17-6-2-1-3-7-17)24(30)28-22-9-5-4-8-21(22)23(27)29/h1-13,20H,14-16H2,(H2,27,29)(H,28,30)/t20-,25-. The van der Waals surface area contributed by atoms with Gasteiger partial charge >= 0.3 is 0 Å². The van der Waals surface area contributed by atoms with Crippen LogP contribution >= 0.6 is 0 Å². The molecule has 0 unspecified atom stereocenters. The van der Waals surface area contributed by atoms with Gasteiger partial charge in [0.15, 0.2) is 0 Å². The quantitative estimate of drug-likeness (QED) is 0.604. The molecule has 31 heavy (non-hydrogen) atoms. The Labute approximate surface area is 180 Å². The van der Waals surface area contributed by atoms with Crippen molar-refractivity contribution < 1.29 is 18.7 Å². The highest BCUT2D eigenvalue weighted by Gasteiger charge is 2.52. The molecule has 0 bridgehead atoms. The monoisotopic (exact) mass is 418 g/mol. The molecule has 0 atom stereocenters. The minimum atomic E-state index is -0.875. The first kappa shape index (κ1) is 20.8. The van der Waals surface area contributed by atoms with Crippen molar-refractivity contribution in [2.45, 2.75) is 31.0 Å². The number of hydrogen-bond donors (Lipinski definition) is 2. The van der Waals surface area contributed by atoms with Gasteiger partial charge in [-0.25, -0.2) is 4.39 Å². The van der Waals surface area contributed by atoms with Crippen LogP contribution in [0, 0.1) is 5.82 Å². The number of para-hydroxylation sites is 1. The molecule has 2 amide bonds. The Balaban J connectivity index is 1.54. The van der Waals surface area contributed by atoms with E-state index in [-0.39, 0.29) is 23.4 Å². The summed E-state index contributed by atoms with van der Waals surface area (Å²) in [6.45, 7) is 0.455. The first-order chi connectivity index (χ1) is 15.0. The van der Waals surface area contributed by atoms with E-state index in [2.05, 4.69) is 5.32 Å². The van der Waals surface area contributed by atoms with Crippen LogP contribution in [0.3, 0.4) is 0 Å². The predicted octanol–water partition coefficient (Wildman–Crippen LogP) is 4.18. The highest BCUT2D eigenvalue weighted by molar-refractivity contribution is 6.06. The van der Waals surface area contributed by atoms with Gasteiger partial charge < -0.3 is 15.8 Å². The van der Waals surface area contributed by atoms with E-state index in [0.29, 0.717) is 30.7 Å². The number of carbonyl (C=O) groups is 2. The van der Waals surface area contributed by atoms with Crippen molar-refractivity contribution in [3.8, 4) is 0 Å². The molecule has 3 aromatic carbocycles. The fraction of sp³-hybridized carbons (Fsp3) is 0.200. The Kier molecular flexibility index (Phi) is 5.82. The second kappa shape index (κ2) is 8.70. The topological polar surface area (TPSA) is 81.4 Å². The first-order valence-corrected chi connectivity index (χ1v) is 10.1. The van der Waals surface area contributed by atoms with Crippen molar-refractivity contribution in [2.75, 3.05) is 5.32 Å². The summed E-state index contributed by atoms with van der Waals surface area (Å²) >= 11 is 0. The summed E-state index contributed by atoms with van der Waals surface area (Å²) in [5, 5.41) is 2.85. The van der Waals surface area contributed by atoms with E-state index in [0.717, 1.165) is 5.56 Å². The SMILES string of the molecule is NC(=O)c1ccccc1NC(=O)[C@]1(c2ccc(F)cc2)C[C@@H](OCc2ccccc2)C1. The van der Waals surface area contributed by atoms with Crippen LogP contribution in [0.15, 0.2) is 78.9 Å². The fourth-order valence-electron chi connectivity index (χ4n) is 3.99. The predicted molar refractivity (Wildman–Crippen MR) is 116 cm³/mol. The second-order valence-electron chi connectivity index (χ2n) is 7.78. The van der Waals surface area contributed by atoms with E-state index in [1.54, 1.807) is 36.4 Å². The number of ether oxygens (including phenoxy) is 1. The summed E-state index contributed by atoms with van der Waals surface area (Å²) in [6.07, 6.45) is 0.800. The number of carbonyl (C=O) groups excluding carboxylic acids is 2. The van der Waals surface area contributed by atoms with Crippen molar-refractivity contribution in [1.29, 1.82) is 0 Å². The average Bonchev–Trinajstić information content (AvgIpc) is 2.75. The zero-order chi connectivity index (χ0) is 21.8. The third-order valence-corrected chi connectivity index (χ3v) is 5.75. The Morgan fingerprint density at radius 3 is 2.29 bits per heavy atom. The summed E-state index contributed by atoms with van der Waals surface area (Å²) in [5.74, 6) is -1.26. The van der Waals surface area contributed by atoms with E-state index in [1.807, 2.05) is 30.3 Å². The zero-order valence-electron chi connectivity index (χ0n) is 16.9. The molecule has 3 N–H and O–H groups in total. The molecule has 1 fully saturated rings. The maximum absolute atomic E-state index is 13.5. The smallest absolute Gasteiger partial charge is 0.250 e. The van der Waals surface area contributed by atoms with Gasteiger partial charge in [0.1, 0.15) is 5.82 Å². The van der Waals surface area contributed by atoms with Gasteiger partial charge in [0.05, 0.1) is 29.4 Å². The van der Waals surface area contributed by atoms with Gasteiger partial charge in [0.25, 0.3) is 5.91 Å². The third kappa shape index (κ3) is 4.34. The molecule has 1 aliphatic rings. The summed E-state index contributed by atoms with van der Waals surface area (Å²) in [4.78, 5) is 25.1. The molecule has 1 aliphatic carbocycles. The molecular formula is C25H23FN2O3. The van der Waals surface area contributed by atoms with E-state index in [1.165, 1.54) is 12.1 Å². The maximum Gasteiger partial charge on any atom is 0.250 e. The lowest BCUT2D eigenvalue weighted by molar-refractivity contribution is -0.133. The molecule has 0 heterocycles. The van der Waals surface area contributed by atoms with Gasteiger partial charge in [-0.05, 0) is 48.2 Å². The Morgan fingerprint density at radius 2 is 1.61 bits per heavy atom. The molecular weight excluding hydrogens is 395 g/mol. The normalized spacial score (nSPS) is 20.0. The lowest BCUT2D eigenvalue weighted by atomic mass is 9.62. The van der Waals surface area contributed by atoms with Gasteiger partial charge in [0.2, 0.25) is 5.91 Å². The number of rotatable bonds is 7. The lowest BCUT2D eigenvalue weighted by Gasteiger charge is -2.46. The van der Waals surface area contributed by atoms with Gasteiger partial charge in [-0.1, -0.05) is 54.6 Å². The Bertz CT molecular complexity index is 1080. The van der Waals surface area contributed by atoms with Gasteiger partial charge in [-0.2, -0.15) is 0 Å². The molecule has 4 rings (SSSR count). The van der Waals surface area contributed by atoms with Crippen LogP contribution in [-0.4, -0.2) is 17.9 Å². The number of nitrogens with two attached hydrogens (primary N) is 1. The largest absolute Gasteiger partial charge is 0.373 e. The van der Waals surface area contributed by atoms with E-state index in [4.69, 9.17) is 10.5 Å². The highest BCUT2D eigenvalue weighted by Crippen LogP contribution is 2.46. The summed E-state index contributed by atoms with van der Waals surface area (Å²) in [7, 11) is 0. The van der Waals surface area contributed by atoms with E-state index >= 15 is 0 Å². The Morgan fingerprint density at radius 1 is 0.968 bits per heavy atom. The van der Waals surface area contributed by atoms with Crippen molar-refractivity contribution in [1.82, 2.24) is 0 Å². The average molecular weight is 418 g/mol. The number of nitrogens with one attached hydrogen (secondary N) is 1. The number of benzene rings is 3. The molecule has 0 aliphatic heterocycles. The molecule has 0 spiro atoms. The van der Waals surface area contributed by atoms with Crippen LogP contribution in [0.4, 0.5) is 10.1 Å². The first-order valence-electron chi connectivity index (χ1n) is 10.1. The number of anilines is 1. The minimum absolute atomic E-state index is 0.109. The lowest BCUT2D eigenvalue weighted by Crippen LogP contribution is -2.54. The second-order valence-corrected chi connectivity index (χ2v) is 7.78. The molecule has 1 saturated carbocycles. The van der Waals surface area contributed by atoms with Crippen LogP contribution in [0.2, 0.25) is 0 Å². The molecule has 5 nitrogen and oxygen atoms in total. The molecule has 0 saturated heterocycles. The van der Waals surface area contributed by atoms with Crippen molar-refractivity contribution in [2.24, 2.45) is 5.73 Å². The molecule has 3 aromatic rings. The fourth-order valence-corrected chi connectivity index (χ4v) is 3.99. The van der Waals surface area contributed by atoms with Crippen LogP contribution in [0.5, 0.6) is 0 Å². The highest BCUT2D eigenvalue weighted by atomic mass is 19.1. The number of primary amides is 1. The van der Waals surface area contributed by atoms with Gasteiger partial charge in [-0.3, -0.25) is 9.59 Å². The van der Waals surface area contributed by atoms with Crippen LogP contribution in [0.1, 0.15) is 34.3 Å². The molecule has 0 radical (unpaired) electrons. The zero-order valence-corrected chi connectivity index (χ0v) is 16.9. The van der Waals surface area contributed by atoms with Crippen molar-refractivity contribution in [3.63, 3.8) is 0 Å². The number of hydrogen-bond acceptors (Lipinski definition) is 3. The Hall–Kier alpha value is -3.51. The number of halogens is 1. The van der Waals surface area contributed by atoms with Crippen LogP contribution in [-0.2, 0) is 21.6 Å². The van der Waals surface area contributed by atoms with Crippen molar-refractivity contribution >= 4 is 17.5 Å². The maximum atomic E-state index is 13.5. The molecule has 6 heteroatoms. The summed E-state index contributed by atoms with van der Waals surface area (Å²) < 4.78 is 19.5. The van der Waals surface area contributed by atoms with Crippen molar-refractivity contribution in [3.05, 3.63) is 101 Å². The summed E-state index contributed by atoms with van der Waals surface area (Å²) in [6, 6.07) is 22.4. The van der Waals surface area contributed by atoms with Crippen LogP contribution in [0.25, 0.3) is 0 Å². The van der Waals surface area contributed by atoms with Crippen LogP contribution < -0.4 is 11.1 Å². The minimum Gasteiger partial charge on any atom is -0.373 e. The van der Waals surface area contributed by atoms with Gasteiger partial charge in [-0.15, -0.1) is 0 Å². The molecule has 158 valence electrons. The third-order valence-electron chi connectivity index (χ3n) is 5.75. The molecule has 0 aromatic heterocycles. The van der Waals surface area contributed by atoms with E-state index < -0.39 is 11.3 Å². The number of amides is 2.